The monoisotopic (exact) mass is 373 g/mol. The van der Waals surface area contributed by atoms with Crippen molar-refractivity contribution in [3.63, 3.8) is 0 Å². The molecule has 0 saturated heterocycles. The SMILES string of the molecule is Cc1cccc(OCC(=O)Nc2ccc(Oc3ncccc3C#N)cc2C)c1. The first-order chi connectivity index (χ1) is 13.5. The molecule has 3 rings (SSSR count). The second-order valence-electron chi connectivity index (χ2n) is 6.20. The van der Waals surface area contributed by atoms with Gasteiger partial charge in [-0.25, -0.2) is 4.98 Å². The van der Waals surface area contributed by atoms with E-state index in [0.29, 0.717) is 22.7 Å². The third kappa shape index (κ3) is 4.86. The molecule has 28 heavy (non-hydrogen) atoms. The van der Waals surface area contributed by atoms with Crippen molar-refractivity contribution in [2.24, 2.45) is 0 Å². The van der Waals surface area contributed by atoms with Crippen LogP contribution in [0.2, 0.25) is 0 Å². The normalized spacial score (nSPS) is 10.0. The average Bonchev–Trinajstić information content (AvgIpc) is 2.69. The minimum Gasteiger partial charge on any atom is -0.484 e. The predicted molar refractivity (Wildman–Crippen MR) is 106 cm³/mol. The molecular formula is C22H19N3O3. The van der Waals surface area contributed by atoms with Gasteiger partial charge in [-0.05, 0) is 67.4 Å². The number of rotatable bonds is 6. The van der Waals surface area contributed by atoms with E-state index in [4.69, 9.17) is 14.7 Å². The number of nitriles is 1. The summed E-state index contributed by atoms with van der Waals surface area (Å²) in [7, 11) is 0. The summed E-state index contributed by atoms with van der Waals surface area (Å²) in [6.07, 6.45) is 1.56. The number of nitrogens with zero attached hydrogens (tertiary/aromatic N) is 2. The number of pyridine rings is 1. The molecule has 0 aliphatic carbocycles. The lowest BCUT2D eigenvalue weighted by Gasteiger charge is -2.12. The molecule has 1 aromatic heterocycles. The molecule has 0 bridgehead atoms. The Morgan fingerprint density at radius 1 is 1.11 bits per heavy atom. The fourth-order valence-electron chi connectivity index (χ4n) is 2.55. The number of carbonyl (C=O) groups is 1. The molecule has 0 saturated carbocycles. The van der Waals surface area contributed by atoms with E-state index in [1.165, 1.54) is 0 Å². The molecule has 1 N–H and O–H groups in total. The minimum absolute atomic E-state index is 0.0827. The van der Waals surface area contributed by atoms with Crippen LogP contribution in [0.1, 0.15) is 16.7 Å². The summed E-state index contributed by atoms with van der Waals surface area (Å²) in [6, 6.07) is 18.1. The Morgan fingerprint density at radius 2 is 1.96 bits per heavy atom. The highest BCUT2D eigenvalue weighted by atomic mass is 16.5. The first-order valence-electron chi connectivity index (χ1n) is 8.68. The fourth-order valence-corrected chi connectivity index (χ4v) is 2.55. The topological polar surface area (TPSA) is 84.2 Å². The fraction of sp³-hybridized carbons (Fsp3) is 0.136. The first-order valence-corrected chi connectivity index (χ1v) is 8.68. The Balaban J connectivity index is 1.62. The lowest BCUT2D eigenvalue weighted by atomic mass is 10.2. The Kier molecular flexibility index (Phi) is 5.87. The van der Waals surface area contributed by atoms with E-state index in [-0.39, 0.29) is 18.4 Å². The summed E-state index contributed by atoms with van der Waals surface area (Å²) in [4.78, 5) is 16.2. The zero-order valence-electron chi connectivity index (χ0n) is 15.6. The summed E-state index contributed by atoms with van der Waals surface area (Å²) >= 11 is 0. The van der Waals surface area contributed by atoms with Crippen LogP contribution in [0.5, 0.6) is 17.4 Å². The van der Waals surface area contributed by atoms with E-state index in [0.717, 1.165) is 11.1 Å². The van der Waals surface area contributed by atoms with Gasteiger partial charge >= 0.3 is 0 Å². The summed E-state index contributed by atoms with van der Waals surface area (Å²) in [5.74, 6) is 1.17. The second kappa shape index (κ2) is 8.69. The molecule has 0 radical (unpaired) electrons. The van der Waals surface area contributed by atoms with Crippen molar-refractivity contribution in [1.29, 1.82) is 5.26 Å². The summed E-state index contributed by atoms with van der Waals surface area (Å²) in [6.45, 7) is 3.73. The van der Waals surface area contributed by atoms with E-state index in [9.17, 15) is 4.79 Å². The average molecular weight is 373 g/mol. The Labute approximate surface area is 163 Å². The number of benzene rings is 2. The van der Waals surface area contributed by atoms with Gasteiger partial charge in [0, 0.05) is 11.9 Å². The van der Waals surface area contributed by atoms with Crippen LogP contribution in [0, 0.1) is 25.2 Å². The largest absolute Gasteiger partial charge is 0.484 e. The standard InChI is InChI=1S/C22H19N3O3/c1-15-5-3-7-18(11-15)27-14-21(26)25-20-9-8-19(12-16(20)2)28-22-17(13-23)6-4-10-24-22/h3-12H,14H2,1-2H3,(H,25,26). The Morgan fingerprint density at radius 3 is 2.71 bits per heavy atom. The number of amides is 1. The van der Waals surface area contributed by atoms with Crippen LogP contribution in [0.25, 0.3) is 0 Å². The maximum absolute atomic E-state index is 12.2. The van der Waals surface area contributed by atoms with Crippen LogP contribution in [0.15, 0.2) is 60.8 Å². The van der Waals surface area contributed by atoms with Gasteiger partial charge in [-0.15, -0.1) is 0 Å². The van der Waals surface area contributed by atoms with Crippen molar-refractivity contribution in [1.82, 2.24) is 4.98 Å². The van der Waals surface area contributed by atoms with Crippen LogP contribution < -0.4 is 14.8 Å². The first kappa shape index (κ1) is 18.9. The number of ether oxygens (including phenoxy) is 2. The lowest BCUT2D eigenvalue weighted by molar-refractivity contribution is -0.118. The van der Waals surface area contributed by atoms with Gasteiger partial charge < -0.3 is 14.8 Å². The number of carbonyl (C=O) groups excluding carboxylic acids is 1. The van der Waals surface area contributed by atoms with E-state index in [1.807, 2.05) is 44.2 Å². The molecule has 1 amide bonds. The molecule has 6 nitrogen and oxygen atoms in total. The molecule has 0 spiro atoms. The molecule has 0 aliphatic heterocycles. The number of nitrogens with one attached hydrogen (secondary N) is 1. The van der Waals surface area contributed by atoms with Gasteiger partial charge in [0.15, 0.2) is 6.61 Å². The van der Waals surface area contributed by atoms with Crippen LogP contribution in [-0.2, 0) is 4.79 Å². The van der Waals surface area contributed by atoms with Crippen molar-refractivity contribution in [2.75, 3.05) is 11.9 Å². The van der Waals surface area contributed by atoms with Crippen molar-refractivity contribution >= 4 is 11.6 Å². The van der Waals surface area contributed by atoms with Crippen LogP contribution in [-0.4, -0.2) is 17.5 Å². The minimum atomic E-state index is -0.255. The van der Waals surface area contributed by atoms with Gasteiger partial charge in [0.1, 0.15) is 23.1 Å². The predicted octanol–water partition coefficient (Wildman–Crippen LogP) is 4.38. The van der Waals surface area contributed by atoms with Gasteiger partial charge in [0.05, 0.1) is 0 Å². The van der Waals surface area contributed by atoms with Crippen molar-refractivity contribution in [3.05, 3.63) is 77.5 Å². The number of aromatic nitrogens is 1. The maximum atomic E-state index is 12.2. The molecule has 0 fully saturated rings. The Bertz CT molecular complexity index is 1040. The summed E-state index contributed by atoms with van der Waals surface area (Å²) < 4.78 is 11.2. The van der Waals surface area contributed by atoms with E-state index < -0.39 is 0 Å². The maximum Gasteiger partial charge on any atom is 0.262 e. The summed E-state index contributed by atoms with van der Waals surface area (Å²) in [5.41, 5.74) is 2.89. The third-order valence-electron chi connectivity index (χ3n) is 3.94. The Hall–Kier alpha value is -3.85. The number of hydrogen-bond acceptors (Lipinski definition) is 5. The van der Waals surface area contributed by atoms with Crippen LogP contribution >= 0.6 is 0 Å². The molecule has 1 heterocycles. The van der Waals surface area contributed by atoms with Crippen molar-refractivity contribution < 1.29 is 14.3 Å². The van der Waals surface area contributed by atoms with E-state index >= 15 is 0 Å². The van der Waals surface area contributed by atoms with E-state index in [2.05, 4.69) is 10.3 Å². The van der Waals surface area contributed by atoms with Gasteiger partial charge in [0.2, 0.25) is 5.88 Å². The summed E-state index contributed by atoms with van der Waals surface area (Å²) in [5, 5.41) is 11.9. The van der Waals surface area contributed by atoms with Gasteiger partial charge in [-0.1, -0.05) is 12.1 Å². The van der Waals surface area contributed by atoms with E-state index in [1.54, 1.807) is 36.5 Å². The van der Waals surface area contributed by atoms with Gasteiger partial charge in [-0.2, -0.15) is 5.26 Å². The molecule has 3 aromatic rings. The highest BCUT2D eigenvalue weighted by Gasteiger charge is 2.09. The van der Waals surface area contributed by atoms with Crippen LogP contribution in [0.4, 0.5) is 5.69 Å². The quantitative estimate of drug-likeness (QED) is 0.693. The highest BCUT2D eigenvalue weighted by Crippen LogP contribution is 2.26. The molecule has 0 atom stereocenters. The zero-order valence-corrected chi connectivity index (χ0v) is 15.6. The van der Waals surface area contributed by atoms with Crippen LogP contribution in [0.3, 0.4) is 0 Å². The van der Waals surface area contributed by atoms with Gasteiger partial charge in [-0.3, -0.25) is 4.79 Å². The molecule has 2 aromatic carbocycles. The molecular weight excluding hydrogens is 354 g/mol. The van der Waals surface area contributed by atoms with Gasteiger partial charge in [0.25, 0.3) is 5.91 Å². The highest BCUT2D eigenvalue weighted by molar-refractivity contribution is 5.92. The second-order valence-corrected chi connectivity index (χ2v) is 6.20. The van der Waals surface area contributed by atoms with Crippen molar-refractivity contribution in [3.8, 4) is 23.4 Å². The third-order valence-corrected chi connectivity index (χ3v) is 3.94. The smallest absolute Gasteiger partial charge is 0.262 e. The molecule has 0 aliphatic rings. The molecule has 6 heteroatoms. The molecule has 0 unspecified atom stereocenters. The van der Waals surface area contributed by atoms with Crippen molar-refractivity contribution in [2.45, 2.75) is 13.8 Å². The number of anilines is 1. The molecule has 140 valence electrons. The number of aryl methyl sites for hydroxylation is 2. The lowest BCUT2D eigenvalue weighted by Crippen LogP contribution is -2.20. The zero-order chi connectivity index (χ0) is 19.9. The number of hydrogen-bond donors (Lipinski definition) is 1.